The first-order chi connectivity index (χ1) is 8.32. The molecule has 0 aliphatic carbocycles. The Kier molecular flexibility index (Phi) is 3.99. The lowest BCUT2D eigenvalue weighted by Crippen LogP contribution is -2.49. The van der Waals surface area contributed by atoms with Crippen LogP contribution in [0, 0.1) is 6.92 Å². The number of thiazole rings is 1. The van der Waals surface area contributed by atoms with Crippen molar-refractivity contribution < 1.29 is 13.2 Å². The number of nitrogens with zero attached hydrogens (tertiary/aromatic N) is 1. The molecule has 0 spiro atoms. The third kappa shape index (κ3) is 3.03. The van der Waals surface area contributed by atoms with E-state index in [4.69, 9.17) is 16.3 Å². The average molecular weight is 311 g/mol. The maximum Gasteiger partial charge on any atom is 0.252 e. The number of aromatic nitrogens is 1. The summed E-state index contributed by atoms with van der Waals surface area (Å²) < 4.78 is 33.0. The van der Waals surface area contributed by atoms with E-state index in [1.54, 1.807) is 6.92 Å². The molecule has 102 valence electrons. The zero-order chi connectivity index (χ0) is 13.4. The van der Waals surface area contributed by atoms with Crippen molar-refractivity contribution in [2.75, 3.05) is 13.2 Å². The summed E-state index contributed by atoms with van der Waals surface area (Å²) in [4.78, 5) is 3.93. The molecule has 18 heavy (non-hydrogen) atoms. The molecule has 0 amide bonds. The minimum absolute atomic E-state index is 0.195. The topological polar surface area (TPSA) is 68.3 Å². The summed E-state index contributed by atoms with van der Waals surface area (Å²) in [6, 6.07) is 0. The van der Waals surface area contributed by atoms with Crippen LogP contribution in [-0.2, 0) is 14.8 Å². The van der Waals surface area contributed by atoms with Crippen LogP contribution in [0.2, 0.25) is 4.47 Å². The van der Waals surface area contributed by atoms with Crippen molar-refractivity contribution in [1.82, 2.24) is 9.71 Å². The van der Waals surface area contributed by atoms with Crippen LogP contribution in [0.15, 0.2) is 4.21 Å². The molecular weight excluding hydrogens is 296 g/mol. The highest BCUT2D eigenvalue weighted by Crippen LogP contribution is 2.29. The van der Waals surface area contributed by atoms with Crippen molar-refractivity contribution in [3.63, 3.8) is 0 Å². The summed E-state index contributed by atoms with van der Waals surface area (Å²) in [5, 5.41) is 0. The fourth-order valence-electron chi connectivity index (χ4n) is 1.89. The summed E-state index contributed by atoms with van der Waals surface area (Å²) >= 11 is 6.73. The van der Waals surface area contributed by atoms with E-state index in [-0.39, 0.29) is 8.68 Å². The van der Waals surface area contributed by atoms with Crippen LogP contribution in [0.4, 0.5) is 0 Å². The van der Waals surface area contributed by atoms with Crippen LogP contribution in [-0.4, -0.2) is 32.2 Å². The predicted molar refractivity (Wildman–Crippen MR) is 70.6 cm³/mol. The number of hydrogen-bond acceptors (Lipinski definition) is 5. The van der Waals surface area contributed by atoms with E-state index in [0.717, 1.165) is 11.3 Å². The van der Waals surface area contributed by atoms with Crippen molar-refractivity contribution in [3.05, 3.63) is 10.2 Å². The number of halogens is 1. The Morgan fingerprint density at radius 3 is 2.56 bits per heavy atom. The standard InChI is InChI=1S/C10H15ClN2O3S2/c1-7-8(17-9(11)12-7)18(14,15)13-10(2)3-5-16-6-4-10/h13H,3-6H2,1-2H3. The van der Waals surface area contributed by atoms with E-state index in [0.29, 0.717) is 31.7 Å². The van der Waals surface area contributed by atoms with Crippen molar-refractivity contribution in [1.29, 1.82) is 0 Å². The summed E-state index contributed by atoms with van der Waals surface area (Å²) in [7, 11) is -3.56. The molecule has 1 fully saturated rings. The highest BCUT2D eigenvalue weighted by Gasteiger charge is 2.34. The van der Waals surface area contributed by atoms with Gasteiger partial charge in [0.2, 0.25) is 0 Å². The van der Waals surface area contributed by atoms with E-state index in [1.165, 1.54) is 0 Å². The molecular formula is C10H15ClN2O3S2. The molecule has 0 atom stereocenters. The summed E-state index contributed by atoms with van der Waals surface area (Å²) in [6.07, 6.45) is 1.33. The average Bonchev–Trinajstić information content (AvgIpc) is 2.58. The molecule has 0 unspecified atom stereocenters. The maximum absolute atomic E-state index is 12.3. The maximum atomic E-state index is 12.3. The Labute approximate surface area is 116 Å². The molecule has 0 aromatic carbocycles. The van der Waals surface area contributed by atoms with Gasteiger partial charge in [-0.05, 0) is 26.7 Å². The Balaban J connectivity index is 2.24. The number of aryl methyl sites for hydroxylation is 1. The van der Waals surface area contributed by atoms with Gasteiger partial charge in [-0.2, -0.15) is 0 Å². The van der Waals surface area contributed by atoms with E-state index in [1.807, 2.05) is 6.92 Å². The molecule has 1 aromatic rings. The second-order valence-corrected chi connectivity index (χ2v) is 8.08. The monoisotopic (exact) mass is 310 g/mol. The van der Waals surface area contributed by atoms with Crippen LogP contribution in [0.5, 0.6) is 0 Å². The van der Waals surface area contributed by atoms with Crippen LogP contribution >= 0.6 is 22.9 Å². The molecule has 2 heterocycles. The Hall–Kier alpha value is -0.210. The largest absolute Gasteiger partial charge is 0.381 e. The molecule has 1 aliphatic heterocycles. The molecule has 0 radical (unpaired) electrons. The third-order valence-corrected chi connectivity index (χ3v) is 6.46. The fourth-order valence-corrected chi connectivity index (χ4v) is 5.10. The van der Waals surface area contributed by atoms with Gasteiger partial charge in [0.25, 0.3) is 10.0 Å². The lowest BCUT2D eigenvalue weighted by molar-refractivity contribution is 0.0538. The highest BCUT2D eigenvalue weighted by molar-refractivity contribution is 7.91. The quantitative estimate of drug-likeness (QED) is 0.926. The lowest BCUT2D eigenvalue weighted by atomic mass is 9.94. The first kappa shape index (κ1) is 14.2. The number of hydrogen-bond donors (Lipinski definition) is 1. The zero-order valence-corrected chi connectivity index (χ0v) is 12.6. The highest BCUT2D eigenvalue weighted by atomic mass is 35.5. The van der Waals surface area contributed by atoms with Gasteiger partial charge in [0.05, 0.1) is 5.69 Å². The smallest absolute Gasteiger partial charge is 0.252 e. The molecule has 5 nitrogen and oxygen atoms in total. The molecule has 0 saturated carbocycles. The van der Waals surface area contributed by atoms with E-state index in [9.17, 15) is 8.42 Å². The number of ether oxygens (including phenoxy) is 1. The normalized spacial score (nSPS) is 19.9. The minimum atomic E-state index is -3.56. The number of rotatable bonds is 3. The zero-order valence-electron chi connectivity index (χ0n) is 10.2. The molecule has 2 rings (SSSR count). The van der Waals surface area contributed by atoms with Gasteiger partial charge in [-0.25, -0.2) is 18.1 Å². The fraction of sp³-hybridized carbons (Fsp3) is 0.700. The van der Waals surface area contributed by atoms with Gasteiger partial charge in [-0.15, -0.1) is 0 Å². The number of sulfonamides is 1. The van der Waals surface area contributed by atoms with Gasteiger partial charge in [0, 0.05) is 18.8 Å². The van der Waals surface area contributed by atoms with Crippen molar-refractivity contribution in [3.8, 4) is 0 Å². The second kappa shape index (κ2) is 5.05. The summed E-state index contributed by atoms with van der Waals surface area (Å²) in [6.45, 7) is 4.68. The first-order valence-electron chi connectivity index (χ1n) is 5.57. The van der Waals surface area contributed by atoms with Crippen LogP contribution in [0.3, 0.4) is 0 Å². The van der Waals surface area contributed by atoms with Gasteiger partial charge in [-0.3, -0.25) is 0 Å². The van der Waals surface area contributed by atoms with Gasteiger partial charge >= 0.3 is 0 Å². The number of nitrogens with one attached hydrogen (secondary N) is 1. The Morgan fingerprint density at radius 1 is 1.44 bits per heavy atom. The Bertz CT molecular complexity index is 535. The van der Waals surface area contributed by atoms with E-state index in [2.05, 4.69) is 9.71 Å². The van der Waals surface area contributed by atoms with Crippen molar-refractivity contribution in [2.24, 2.45) is 0 Å². The van der Waals surface area contributed by atoms with Gasteiger partial charge in [0.1, 0.15) is 0 Å². The molecule has 0 bridgehead atoms. The molecule has 1 N–H and O–H groups in total. The van der Waals surface area contributed by atoms with E-state index >= 15 is 0 Å². The Morgan fingerprint density at radius 2 is 2.06 bits per heavy atom. The molecule has 1 aliphatic rings. The van der Waals surface area contributed by atoms with Crippen LogP contribution in [0.1, 0.15) is 25.5 Å². The summed E-state index contributed by atoms with van der Waals surface area (Å²) in [5.74, 6) is 0. The van der Waals surface area contributed by atoms with E-state index < -0.39 is 15.6 Å². The molecule has 8 heteroatoms. The lowest BCUT2D eigenvalue weighted by Gasteiger charge is -2.33. The SMILES string of the molecule is Cc1nc(Cl)sc1S(=O)(=O)NC1(C)CCOCC1. The minimum Gasteiger partial charge on any atom is -0.381 e. The van der Waals surface area contributed by atoms with Crippen LogP contribution in [0.25, 0.3) is 0 Å². The third-order valence-electron chi connectivity index (χ3n) is 2.95. The van der Waals surface area contributed by atoms with Gasteiger partial charge < -0.3 is 4.74 Å². The first-order valence-corrected chi connectivity index (χ1v) is 8.25. The molecule has 1 aromatic heterocycles. The van der Waals surface area contributed by atoms with Crippen molar-refractivity contribution >= 4 is 33.0 Å². The molecule has 1 saturated heterocycles. The van der Waals surface area contributed by atoms with Gasteiger partial charge in [0.15, 0.2) is 8.68 Å². The predicted octanol–water partition coefficient (Wildman–Crippen LogP) is 1.95. The second-order valence-electron chi connectivity index (χ2n) is 4.62. The summed E-state index contributed by atoms with van der Waals surface area (Å²) in [5.41, 5.74) is -0.0202. The van der Waals surface area contributed by atoms with Crippen LogP contribution < -0.4 is 4.72 Å². The van der Waals surface area contributed by atoms with Gasteiger partial charge in [-0.1, -0.05) is 22.9 Å². The van der Waals surface area contributed by atoms with Crippen molar-refractivity contribution in [2.45, 2.75) is 36.4 Å².